The van der Waals surface area contributed by atoms with Crippen LogP contribution in [0.2, 0.25) is 0 Å². The number of benzene rings is 3. The summed E-state index contributed by atoms with van der Waals surface area (Å²) >= 11 is 0. The molecule has 0 amide bonds. The average Bonchev–Trinajstić information content (AvgIpc) is 3.06. The zero-order chi connectivity index (χ0) is 24.7. The third kappa shape index (κ3) is 4.68. The van der Waals surface area contributed by atoms with E-state index in [2.05, 4.69) is 0 Å². The Bertz CT molecular complexity index is 1270. The van der Waals surface area contributed by atoms with Crippen molar-refractivity contribution >= 4 is 17.6 Å². The molecule has 0 saturated carbocycles. The third-order valence-corrected chi connectivity index (χ3v) is 5.07. The molecule has 0 atom stereocenters. The van der Waals surface area contributed by atoms with Crippen LogP contribution in [0.15, 0.2) is 84.3 Å². The van der Waals surface area contributed by atoms with E-state index in [4.69, 9.17) is 4.74 Å². The van der Waals surface area contributed by atoms with Gasteiger partial charge >= 0.3 is 18.3 Å². The predicted octanol–water partition coefficient (Wildman–Crippen LogP) is 7.26. The number of carbonyl (C=O) groups is 1. The van der Waals surface area contributed by atoms with Gasteiger partial charge in [0.15, 0.2) is 11.5 Å². The Kier molecular flexibility index (Phi) is 5.72. The lowest BCUT2D eigenvalue weighted by Crippen LogP contribution is -2.12. The number of rotatable bonds is 3. The van der Waals surface area contributed by atoms with Crippen LogP contribution in [0.1, 0.15) is 22.3 Å². The van der Waals surface area contributed by atoms with Gasteiger partial charge in [-0.2, -0.15) is 26.3 Å². The minimum Gasteiger partial charge on any atom is -0.504 e. The van der Waals surface area contributed by atoms with Crippen molar-refractivity contribution in [3.05, 3.63) is 107 Å². The second-order valence-corrected chi connectivity index (χ2v) is 7.40. The summed E-state index contributed by atoms with van der Waals surface area (Å²) < 4.78 is 83.9. The fraction of sp³-hybridized carbons (Fsp3) is 0.0800. The highest BCUT2D eigenvalue weighted by Gasteiger charge is 2.39. The number of carbonyl (C=O) groups excluding carboxylic acids is 1. The van der Waals surface area contributed by atoms with Gasteiger partial charge in [0, 0.05) is 0 Å². The van der Waals surface area contributed by atoms with Crippen molar-refractivity contribution in [1.29, 1.82) is 0 Å². The molecule has 0 spiro atoms. The van der Waals surface area contributed by atoms with E-state index < -0.39 is 52.1 Å². The predicted molar refractivity (Wildman–Crippen MR) is 112 cm³/mol. The molecule has 3 aromatic rings. The Morgan fingerprint density at radius 1 is 0.706 bits per heavy atom. The van der Waals surface area contributed by atoms with Gasteiger partial charge in [0.1, 0.15) is 5.57 Å². The first-order valence-electron chi connectivity index (χ1n) is 9.76. The van der Waals surface area contributed by atoms with E-state index in [9.17, 15) is 36.2 Å². The van der Waals surface area contributed by atoms with E-state index in [1.54, 1.807) is 24.3 Å². The van der Waals surface area contributed by atoms with Gasteiger partial charge in [-0.1, -0.05) is 54.6 Å². The topological polar surface area (TPSA) is 46.5 Å². The van der Waals surface area contributed by atoms with Crippen molar-refractivity contribution in [2.75, 3.05) is 0 Å². The molecule has 0 aliphatic carbocycles. The van der Waals surface area contributed by atoms with E-state index in [-0.39, 0.29) is 6.07 Å². The summed E-state index contributed by atoms with van der Waals surface area (Å²) in [6.07, 6.45) is -8.95. The van der Waals surface area contributed by atoms with Gasteiger partial charge in [-0.15, -0.1) is 0 Å². The summed E-state index contributed by atoms with van der Waals surface area (Å²) in [5, 5.41) is 10.5. The van der Waals surface area contributed by atoms with E-state index in [0.717, 1.165) is 11.1 Å². The van der Waals surface area contributed by atoms with Gasteiger partial charge in [-0.25, -0.2) is 4.79 Å². The molecule has 4 rings (SSSR count). The molecule has 0 unspecified atom stereocenters. The molecule has 34 heavy (non-hydrogen) atoms. The van der Waals surface area contributed by atoms with Crippen molar-refractivity contribution in [2.45, 2.75) is 12.4 Å². The summed E-state index contributed by atoms with van der Waals surface area (Å²) in [6.45, 7) is 0. The highest BCUT2D eigenvalue weighted by molar-refractivity contribution is 6.21. The fourth-order valence-corrected chi connectivity index (χ4v) is 3.42. The summed E-state index contributed by atoms with van der Waals surface area (Å²) in [4.78, 5) is 12.3. The van der Waals surface area contributed by atoms with Crippen LogP contribution >= 0.6 is 0 Å². The number of cyclic esters (lactones) is 1. The summed E-state index contributed by atoms with van der Waals surface area (Å²) in [6, 6.07) is 16.9. The molecular formula is C25H14F6O3. The minimum absolute atomic E-state index is 0.0631. The molecule has 1 aliphatic heterocycles. The van der Waals surface area contributed by atoms with Gasteiger partial charge in [-0.05, 0) is 46.5 Å². The first-order chi connectivity index (χ1) is 15.9. The van der Waals surface area contributed by atoms with Gasteiger partial charge in [0.25, 0.3) is 0 Å². The Morgan fingerprint density at radius 2 is 1.24 bits per heavy atom. The molecule has 1 heterocycles. The normalized spacial score (nSPS) is 15.7. The smallest absolute Gasteiger partial charge is 0.416 e. The summed E-state index contributed by atoms with van der Waals surface area (Å²) in [5.74, 6) is -2.51. The number of aliphatic hydroxyl groups excluding tert-OH is 1. The Hall–Kier alpha value is -4.01. The molecule has 1 N–H and O–H groups in total. The highest BCUT2D eigenvalue weighted by Crippen LogP contribution is 2.40. The van der Waals surface area contributed by atoms with Crippen molar-refractivity contribution < 1.29 is 41.0 Å². The monoisotopic (exact) mass is 476 g/mol. The maximum Gasteiger partial charge on any atom is 0.416 e. The molecule has 3 aromatic carbocycles. The molecule has 1 aliphatic rings. The van der Waals surface area contributed by atoms with Gasteiger partial charge in [0.2, 0.25) is 0 Å². The summed E-state index contributed by atoms with van der Waals surface area (Å²) in [5.41, 5.74) is -2.45. The maximum atomic E-state index is 13.2. The van der Waals surface area contributed by atoms with Crippen molar-refractivity contribution in [3.63, 3.8) is 0 Å². The number of hydrogen-bond acceptors (Lipinski definition) is 3. The molecule has 0 fully saturated rings. The van der Waals surface area contributed by atoms with Crippen LogP contribution in [0.5, 0.6) is 0 Å². The average molecular weight is 476 g/mol. The molecule has 0 saturated heterocycles. The molecule has 0 bridgehead atoms. The lowest BCUT2D eigenvalue weighted by Gasteiger charge is -2.14. The van der Waals surface area contributed by atoms with E-state index in [0.29, 0.717) is 17.7 Å². The standard InChI is InChI=1S/C25H14F6O3/c26-24(27,28)18-11-17(12-19(13-18)25(29,30)31)21-22(32)20(34-23(21)33)10-14-6-8-16(9-7-14)15-4-2-1-3-5-15/h1-13,32H/b20-10-. The van der Waals surface area contributed by atoms with Gasteiger partial charge in [-0.3, -0.25) is 0 Å². The van der Waals surface area contributed by atoms with Crippen molar-refractivity contribution in [1.82, 2.24) is 0 Å². The lowest BCUT2D eigenvalue weighted by molar-refractivity contribution is -0.143. The number of halogens is 6. The molecule has 9 heteroatoms. The van der Waals surface area contributed by atoms with Crippen LogP contribution in [-0.4, -0.2) is 11.1 Å². The third-order valence-electron chi connectivity index (χ3n) is 5.07. The Balaban J connectivity index is 1.73. The second kappa shape index (κ2) is 8.40. The van der Waals surface area contributed by atoms with E-state index >= 15 is 0 Å². The first-order valence-corrected chi connectivity index (χ1v) is 9.76. The van der Waals surface area contributed by atoms with Gasteiger partial charge < -0.3 is 9.84 Å². The SMILES string of the molecule is O=C1O/C(=C\c2ccc(-c3ccccc3)cc2)C(O)=C1c1cc(C(F)(F)F)cc(C(F)(F)F)c1. The largest absolute Gasteiger partial charge is 0.504 e. The fourth-order valence-electron chi connectivity index (χ4n) is 3.42. The number of hydrogen-bond donors (Lipinski definition) is 1. The number of esters is 1. The highest BCUT2D eigenvalue weighted by atomic mass is 19.4. The van der Waals surface area contributed by atoms with Crippen LogP contribution in [0.25, 0.3) is 22.8 Å². The quantitative estimate of drug-likeness (QED) is 0.320. The summed E-state index contributed by atoms with van der Waals surface area (Å²) in [7, 11) is 0. The van der Waals surface area contributed by atoms with Gasteiger partial charge in [0.05, 0.1) is 11.1 Å². The molecule has 174 valence electrons. The second-order valence-electron chi connectivity index (χ2n) is 7.40. The minimum atomic E-state index is -5.10. The first kappa shape index (κ1) is 23.2. The number of alkyl halides is 6. The van der Waals surface area contributed by atoms with E-state index in [1.807, 2.05) is 30.3 Å². The number of aliphatic hydroxyl groups is 1. The Morgan fingerprint density at radius 3 is 1.76 bits per heavy atom. The van der Waals surface area contributed by atoms with Crippen LogP contribution < -0.4 is 0 Å². The molecule has 3 nitrogen and oxygen atoms in total. The zero-order valence-corrected chi connectivity index (χ0v) is 17.0. The van der Waals surface area contributed by atoms with E-state index in [1.165, 1.54) is 6.08 Å². The maximum absolute atomic E-state index is 13.2. The van der Waals surface area contributed by atoms with Crippen LogP contribution in [-0.2, 0) is 21.9 Å². The molecule has 0 radical (unpaired) electrons. The zero-order valence-electron chi connectivity index (χ0n) is 17.0. The van der Waals surface area contributed by atoms with Crippen LogP contribution in [0, 0.1) is 0 Å². The lowest BCUT2D eigenvalue weighted by atomic mass is 9.98. The molecule has 0 aromatic heterocycles. The van der Waals surface area contributed by atoms with Crippen LogP contribution in [0.3, 0.4) is 0 Å². The van der Waals surface area contributed by atoms with Crippen molar-refractivity contribution in [2.24, 2.45) is 0 Å². The Labute approximate surface area is 189 Å². The van der Waals surface area contributed by atoms with Crippen molar-refractivity contribution in [3.8, 4) is 11.1 Å². The number of ether oxygens (including phenoxy) is 1. The molecular weight excluding hydrogens is 462 g/mol. The van der Waals surface area contributed by atoms with Crippen LogP contribution in [0.4, 0.5) is 26.3 Å².